The van der Waals surface area contributed by atoms with Gasteiger partial charge in [0.05, 0.1) is 11.8 Å². The average Bonchev–Trinajstić information content (AvgIpc) is 2.51. The summed E-state index contributed by atoms with van der Waals surface area (Å²) in [6.45, 7) is 0. The Bertz CT molecular complexity index is 805. The van der Waals surface area contributed by atoms with E-state index in [1.807, 2.05) is 0 Å². The van der Waals surface area contributed by atoms with Crippen LogP contribution in [0.4, 0.5) is 0 Å². The fourth-order valence-corrected chi connectivity index (χ4v) is 1.64. The van der Waals surface area contributed by atoms with E-state index in [4.69, 9.17) is 0 Å². The molecule has 0 saturated heterocycles. The van der Waals surface area contributed by atoms with Gasteiger partial charge in [-0.3, -0.25) is 19.1 Å². The fourth-order valence-electron chi connectivity index (χ4n) is 1.64. The summed E-state index contributed by atoms with van der Waals surface area (Å²) in [5, 5.41) is 3.70. The number of carbonyl (C=O) groups excluding carboxylic acids is 1. The molecule has 0 aliphatic carbocycles. The first kappa shape index (κ1) is 14.4. The Labute approximate surface area is 119 Å². The molecule has 0 unspecified atom stereocenters. The van der Waals surface area contributed by atoms with Crippen LogP contribution in [0.25, 0.3) is 0 Å². The second-order valence-corrected chi connectivity index (χ2v) is 4.26. The first-order valence-electron chi connectivity index (χ1n) is 6.02. The lowest BCUT2D eigenvalue weighted by Crippen LogP contribution is -2.38. The zero-order chi connectivity index (χ0) is 15.4. The molecule has 21 heavy (non-hydrogen) atoms. The van der Waals surface area contributed by atoms with Gasteiger partial charge in [0.15, 0.2) is 0 Å². The Morgan fingerprint density at radius 2 is 2.10 bits per heavy atom. The molecule has 0 aliphatic rings. The highest BCUT2D eigenvalue weighted by molar-refractivity contribution is 5.92. The summed E-state index contributed by atoms with van der Waals surface area (Å²) in [6.07, 6.45) is 4.02. The molecule has 0 radical (unpaired) electrons. The van der Waals surface area contributed by atoms with Gasteiger partial charge in [-0.1, -0.05) is 6.07 Å². The van der Waals surface area contributed by atoms with Crippen LogP contribution in [0.1, 0.15) is 16.1 Å². The smallest absolute Gasteiger partial charge is 0.303 e. The van der Waals surface area contributed by atoms with Crippen LogP contribution < -0.4 is 16.7 Å². The van der Waals surface area contributed by atoms with Crippen LogP contribution in [0.5, 0.6) is 0 Å². The highest BCUT2D eigenvalue weighted by atomic mass is 16.2. The lowest BCUT2D eigenvalue weighted by atomic mass is 10.3. The lowest BCUT2D eigenvalue weighted by molar-refractivity contribution is 0.0950. The van der Waals surface area contributed by atoms with Crippen LogP contribution in [0.15, 0.2) is 45.3 Å². The molecule has 0 bridgehead atoms. The van der Waals surface area contributed by atoms with Crippen molar-refractivity contribution in [2.45, 2.75) is 0 Å². The summed E-state index contributed by atoms with van der Waals surface area (Å²) >= 11 is 0. The van der Waals surface area contributed by atoms with E-state index >= 15 is 0 Å². The molecule has 8 heteroatoms. The molecule has 108 valence electrons. The van der Waals surface area contributed by atoms with Crippen molar-refractivity contribution in [1.29, 1.82) is 0 Å². The molecule has 0 fully saturated rings. The Kier molecular flexibility index (Phi) is 4.07. The van der Waals surface area contributed by atoms with Gasteiger partial charge in [0.2, 0.25) is 0 Å². The van der Waals surface area contributed by atoms with E-state index in [0.29, 0.717) is 0 Å². The van der Waals surface area contributed by atoms with Crippen molar-refractivity contribution in [1.82, 2.24) is 19.5 Å². The molecule has 2 rings (SSSR count). The topological polar surface area (TPSA) is 98.3 Å². The Morgan fingerprint density at radius 3 is 2.76 bits per heavy atom. The summed E-state index contributed by atoms with van der Waals surface area (Å²) in [6, 6.07) is 4.90. The summed E-state index contributed by atoms with van der Waals surface area (Å²) in [5.74, 6) is -0.492. The Balaban J connectivity index is 2.18. The number of amides is 1. The molecule has 0 spiro atoms. The van der Waals surface area contributed by atoms with Crippen molar-refractivity contribution in [3.8, 4) is 0 Å². The molecule has 2 aromatic rings. The van der Waals surface area contributed by atoms with E-state index < -0.39 is 17.2 Å². The van der Waals surface area contributed by atoms with E-state index in [2.05, 4.69) is 15.5 Å². The third-order valence-electron chi connectivity index (χ3n) is 2.74. The second kappa shape index (κ2) is 5.95. The van der Waals surface area contributed by atoms with Crippen molar-refractivity contribution < 1.29 is 4.79 Å². The third kappa shape index (κ3) is 3.11. The quantitative estimate of drug-likeness (QED) is 0.592. The van der Waals surface area contributed by atoms with Crippen LogP contribution in [0, 0.1) is 0 Å². The summed E-state index contributed by atoms with van der Waals surface area (Å²) in [7, 11) is 2.89. The molecule has 0 aliphatic heterocycles. The van der Waals surface area contributed by atoms with Gasteiger partial charge in [-0.05, 0) is 12.1 Å². The molecule has 0 aromatic carbocycles. The monoisotopic (exact) mass is 287 g/mol. The van der Waals surface area contributed by atoms with Gasteiger partial charge in [0, 0.05) is 26.5 Å². The van der Waals surface area contributed by atoms with E-state index in [9.17, 15) is 14.4 Å². The Morgan fingerprint density at radius 1 is 1.33 bits per heavy atom. The minimum Gasteiger partial charge on any atom is -0.303 e. The molecule has 8 nitrogen and oxygen atoms in total. The summed E-state index contributed by atoms with van der Waals surface area (Å²) < 4.78 is 2.21. The largest absolute Gasteiger partial charge is 0.330 e. The van der Waals surface area contributed by atoms with E-state index in [0.717, 1.165) is 4.57 Å². The van der Waals surface area contributed by atoms with Crippen molar-refractivity contribution in [2.75, 3.05) is 0 Å². The highest BCUT2D eigenvalue weighted by Crippen LogP contribution is 1.92. The van der Waals surface area contributed by atoms with E-state index in [-0.39, 0.29) is 11.3 Å². The first-order valence-corrected chi connectivity index (χ1v) is 6.02. The normalized spacial score (nSPS) is 10.8. The van der Waals surface area contributed by atoms with Crippen LogP contribution in [0.3, 0.4) is 0 Å². The van der Waals surface area contributed by atoms with Crippen molar-refractivity contribution in [3.05, 3.63) is 62.7 Å². The van der Waals surface area contributed by atoms with Crippen LogP contribution >= 0.6 is 0 Å². The van der Waals surface area contributed by atoms with Gasteiger partial charge < -0.3 is 4.57 Å². The van der Waals surface area contributed by atoms with Crippen LogP contribution in [-0.4, -0.2) is 26.2 Å². The van der Waals surface area contributed by atoms with E-state index in [1.54, 1.807) is 12.1 Å². The van der Waals surface area contributed by atoms with E-state index in [1.165, 1.54) is 43.3 Å². The number of nitrogens with one attached hydrogen (secondary N) is 1. The molecular weight excluding hydrogens is 274 g/mol. The van der Waals surface area contributed by atoms with Crippen molar-refractivity contribution in [3.63, 3.8) is 0 Å². The number of hydrazone groups is 1. The zero-order valence-corrected chi connectivity index (χ0v) is 11.5. The van der Waals surface area contributed by atoms with Gasteiger partial charge in [-0.15, -0.1) is 0 Å². The fraction of sp³-hybridized carbons (Fsp3) is 0.154. The maximum absolute atomic E-state index is 11.8. The predicted octanol–water partition coefficient (Wildman–Crippen LogP) is -0.757. The SMILES string of the molecule is Cn1cc(/C=N/NC(=O)c2ccccn2)c(=O)n(C)c1=O. The highest BCUT2D eigenvalue weighted by Gasteiger charge is 2.06. The maximum atomic E-state index is 11.8. The average molecular weight is 287 g/mol. The Hall–Kier alpha value is -3.03. The number of nitrogens with zero attached hydrogens (tertiary/aromatic N) is 4. The van der Waals surface area contributed by atoms with Crippen LogP contribution in [0.2, 0.25) is 0 Å². The zero-order valence-electron chi connectivity index (χ0n) is 11.5. The predicted molar refractivity (Wildman–Crippen MR) is 76.2 cm³/mol. The molecule has 1 N–H and O–H groups in total. The molecular formula is C13H13N5O3. The number of pyridine rings is 1. The summed E-state index contributed by atoms with van der Waals surface area (Å²) in [5.41, 5.74) is 1.73. The third-order valence-corrected chi connectivity index (χ3v) is 2.74. The number of aromatic nitrogens is 3. The number of aryl methyl sites for hydroxylation is 1. The number of rotatable bonds is 3. The van der Waals surface area contributed by atoms with Crippen LogP contribution in [-0.2, 0) is 14.1 Å². The minimum atomic E-state index is -0.492. The molecule has 2 aromatic heterocycles. The van der Waals surface area contributed by atoms with Crippen molar-refractivity contribution in [2.24, 2.45) is 19.2 Å². The molecule has 0 saturated carbocycles. The molecule has 0 atom stereocenters. The molecule has 2 heterocycles. The summed E-state index contributed by atoms with van der Waals surface area (Å²) in [4.78, 5) is 38.9. The molecule has 1 amide bonds. The van der Waals surface area contributed by atoms with Gasteiger partial charge in [0.25, 0.3) is 11.5 Å². The number of carbonyl (C=O) groups is 1. The van der Waals surface area contributed by atoms with Gasteiger partial charge >= 0.3 is 5.69 Å². The second-order valence-electron chi connectivity index (χ2n) is 4.26. The first-order chi connectivity index (χ1) is 10.0. The van der Waals surface area contributed by atoms with Crippen molar-refractivity contribution >= 4 is 12.1 Å². The van der Waals surface area contributed by atoms with Gasteiger partial charge in [0.1, 0.15) is 5.69 Å². The lowest BCUT2D eigenvalue weighted by Gasteiger charge is -2.03. The maximum Gasteiger partial charge on any atom is 0.330 e. The minimum absolute atomic E-state index is 0.181. The number of hydrogen-bond donors (Lipinski definition) is 1. The van der Waals surface area contributed by atoms with Gasteiger partial charge in [-0.2, -0.15) is 5.10 Å². The number of hydrogen-bond acceptors (Lipinski definition) is 5. The standard InChI is InChI=1S/C13H13N5O3/c1-17-8-9(12(20)18(2)13(17)21)7-15-16-11(19)10-5-3-4-6-14-10/h3-8H,1-2H3,(H,16,19)/b15-7+. The van der Waals surface area contributed by atoms with Gasteiger partial charge in [-0.25, -0.2) is 10.2 Å².